The number of amides is 1. The molecule has 0 radical (unpaired) electrons. The fourth-order valence-electron chi connectivity index (χ4n) is 3.11. The predicted octanol–water partition coefficient (Wildman–Crippen LogP) is 3.04. The summed E-state index contributed by atoms with van der Waals surface area (Å²) in [6, 6.07) is 8.13. The molecule has 0 spiro atoms. The van der Waals surface area contributed by atoms with E-state index in [-0.39, 0.29) is 5.91 Å². The Hall–Kier alpha value is -2.01. The van der Waals surface area contributed by atoms with E-state index in [1.54, 1.807) is 11.3 Å². The molecule has 1 atom stereocenters. The molecule has 4 rings (SSSR count). The third-order valence-corrected chi connectivity index (χ3v) is 5.08. The van der Waals surface area contributed by atoms with Gasteiger partial charge in [-0.15, -0.1) is 0 Å². The molecule has 5 heteroatoms. The highest BCUT2D eigenvalue weighted by atomic mass is 32.1. The quantitative estimate of drug-likeness (QED) is 0.874. The Kier molecular flexibility index (Phi) is 3.50. The first kappa shape index (κ1) is 13.6. The molecule has 114 valence electrons. The van der Waals surface area contributed by atoms with E-state index in [9.17, 15) is 4.79 Å². The summed E-state index contributed by atoms with van der Waals surface area (Å²) in [7, 11) is 0. The Labute approximate surface area is 133 Å². The van der Waals surface area contributed by atoms with E-state index < -0.39 is 0 Å². The average Bonchev–Trinajstić information content (AvgIpc) is 3.27. The molecule has 0 aliphatic carbocycles. The van der Waals surface area contributed by atoms with Crippen LogP contribution in [-0.2, 0) is 11.2 Å². The largest absolute Gasteiger partial charge is 0.454 e. The van der Waals surface area contributed by atoms with Gasteiger partial charge in [-0.25, -0.2) is 0 Å². The minimum absolute atomic E-state index is 0.224. The van der Waals surface area contributed by atoms with Crippen molar-refractivity contribution in [1.82, 2.24) is 4.90 Å². The van der Waals surface area contributed by atoms with Crippen molar-refractivity contribution in [3.63, 3.8) is 0 Å². The summed E-state index contributed by atoms with van der Waals surface area (Å²) in [5.74, 6) is 2.25. The molecule has 1 aromatic heterocycles. The number of benzene rings is 1. The Morgan fingerprint density at radius 2 is 2.18 bits per heavy atom. The van der Waals surface area contributed by atoms with Gasteiger partial charge in [0, 0.05) is 19.0 Å². The number of hydrogen-bond acceptors (Lipinski definition) is 4. The number of carbonyl (C=O) groups excluding carboxylic acids is 1. The van der Waals surface area contributed by atoms with Crippen LogP contribution in [0.3, 0.4) is 0 Å². The third kappa shape index (κ3) is 2.57. The van der Waals surface area contributed by atoms with Gasteiger partial charge >= 0.3 is 0 Å². The predicted molar refractivity (Wildman–Crippen MR) is 84.5 cm³/mol. The summed E-state index contributed by atoms with van der Waals surface area (Å²) in [6.07, 6.45) is 1.52. The Bertz CT molecular complexity index is 683. The molecule has 4 nitrogen and oxygen atoms in total. The number of fused-ring (bicyclic) bond motifs is 1. The summed E-state index contributed by atoms with van der Waals surface area (Å²) in [6.45, 7) is 1.93. The van der Waals surface area contributed by atoms with Gasteiger partial charge < -0.3 is 14.4 Å². The summed E-state index contributed by atoms with van der Waals surface area (Å²) >= 11 is 1.64. The van der Waals surface area contributed by atoms with Crippen molar-refractivity contribution in [3.8, 4) is 11.5 Å². The molecular weight excluding hydrogens is 298 g/mol. The van der Waals surface area contributed by atoms with Gasteiger partial charge in [-0.2, -0.15) is 11.3 Å². The molecule has 1 unspecified atom stereocenters. The molecule has 1 aromatic carbocycles. The maximum Gasteiger partial charge on any atom is 0.231 e. The number of likely N-dealkylation sites (tertiary alicyclic amines) is 1. The molecule has 2 aromatic rings. The van der Waals surface area contributed by atoms with Crippen LogP contribution in [0.25, 0.3) is 0 Å². The summed E-state index contributed by atoms with van der Waals surface area (Å²) in [5.41, 5.74) is 2.34. The number of thiophene rings is 1. The zero-order chi connectivity index (χ0) is 14.9. The highest BCUT2D eigenvalue weighted by Gasteiger charge is 2.28. The van der Waals surface area contributed by atoms with Crippen LogP contribution in [-0.4, -0.2) is 30.7 Å². The zero-order valence-electron chi connectivity index (χ0n) is 12.2. The number of nitrogens with zero attached hydrogens (tertiary/aromatic N) is 1. The molecule has 2 aliphatic heterocycles. The maximum absolute atomic E-state index is 12.4. The maximum atomic E-state index is 12.4. The molecule has 1 fully saturated rings. The molecule has 2 aliphatic rings. The standard InChI is InChI=1S/C17H17NO3S/c19-17(7-12-4-6-22-10-12)18-5-3-14(9-18)13-1-2-15-16(8-13)21-11-20-15/h1-2,4,6,8,10,14H,3,5,7,9,11H2. The second kappa shape index (κ2) is 5.65. The highest BCUT2D eigenvalue weighted by Crippen LogP contribution is 2.37. The first-order valence-corrected chi connectivity index (χ1v) is 8.42. The van der Waals surface area contributed by atoms with Crippen molar-refractivity contribution < 1.29 is 14.3 Å². The summed E-state index contributed by atoms with van der Waals surface area (Å²) < 4.78 is 10.8. The lowest BCUT2D eigenvalue weighted by Gasteiger charge is -2.16. The van der Waals surface area contributed by atoms with Gasteiger partial charge in [0.25, 0.3) is 0 Å². The average molecular weight is 315 g/mol. The lowest BCUT2D eigenvalue weighted by atomic mass is 9.98. The fraction of sp³-hybridized carbons (Fsp3) is 0.353. The van der Waals surface area contributed by atoms with Crippen LogP contribution in [0.2, 0.25) is 0 Å². The molecule has 0 bridgehead atoms. The number of rotatable bonds is 3. The SMILES string of the molecule is O=C(Cc1ccsc1)N1CCC(c2ccc3c(c2)OCO3)C1. The monoisotopic (exact) mass is 315 g/mol. The lowest BCUT2D eigenvalue weighted by Crippen LogP contribution is -2.29. The van der Waals surface area contributed by atoms with Crippen LogP contribution in [0.4, 0.5) is 0 Å². The molecule has 1 saturated heterocycles. The van der Waals surface area contributed by atoms with E-state index in [1.165, 1.54) is 5.56 Å². The fourth-order valence-corrected chi connectivity index (χ4v) is 3.77. The third-order valence-electron chi connectivity index (χ3n) is 4.34. The first-order chi connectivity index (χ1) is 10.8. The summed E-state index contributed by atoms with van der Waals surface area (Å²) in [5, 5.41) is 4.06. The minimum Gasteiger partial charge on any atom is -0.454 e. The summed E-state index contributed by atoms with van der Waals surface area (Å²) in [4.78, 5) is 14.3. The van der Waals surface area contributed by atoms with Gasteiger partial charge in [0.2, 0.25) is 12.7 Å². The van der Waals surface area contributed by atoms with Crippen molar-refractivity contribution in [3.05, 3.63) is 46.2 Å². The highest BCUT2D eigenvalue weighted by molar-refractivity contribution is 7.07. The number of ether oxygens (including phenoxy) is 2. The Morgan fingerprint density at radius 1 is 1.27 bits per heavy atom. The van der Waals surface area contributed by atoms with Crippen molar-refractivity contribution in [2.24, 2.45) is 0 Å². The molecule has 1 amide bonds. The van der Waals surface area contributed by atoms with Crippen LogP contribution in [0.5, 0.6) is 11.5 Å². The molecule has 0 N–H and O–H groups in total. The van der Waals surface area contributed by atoms with Crippen LogP contribution in [0.15, 0.2) is 35.0 Å². The van der Waals surface area contributed by atoms with Gasteiger partial charge in [-0.1, -0.05) is 6.07 Å². The van der Waals surface area contributed by atoms with E-state index in [0.29, 0.717) is 19.1 Å². The van der Waals surface area contributed by atoms with Crippen molar-refractivity contribution >= 4 is 17.2 Å². The van der Waals surface area contributed by atoms with Crippen LogP contribution in [0, 0.1) is 0 Å². The molecule has 3 heterocycles. The first-order valence-electron chi connectivity index (χ1n) is 7.48. The topological polar surface area (TPSA) is 38.8 Å². The van der Waals surface area contributed by atoms with E-state index in [2.05, 4.69) is 12.1 Å². The van der Waals surface area contributed by atoms with Crippen molar-refractivity contribution in [2.45, 2.75) is 18.8 Å². The van der Waals surface area contributed by atoms with Crippen LogP contribution in [0.1, 0.15) is 23.5 Å². The minimum atomic E-state index is 0.224. The van der Waals surface area contributed by atoms with Crippen molar-refractivity contribution in [2.75, 3.05) is 19.9 Å². The molecule has 0 saturated carbocycles. The second-order valence-electron chi connectivity index (χ2n) is 5.75. The normalized spacial score (nSPS) is 19.6. The Morgan fingerprint density at radius 3 is 3.05 bits per heavy atom. The van der Waals surface area contributed by atoms with Crippen LogP contribution >= 0.6 is 11.3 Å². The van der Waals surface area contributed by atoms with Gasteiger partial charge in [0.1, 0.15) is 0 Å². The molecular formula is C17H17NO3S. The van der Waals surface area contributed by atoms with Gasteiger partial charge in [-0.05, 0) is 46.5 Å². The zero-order valence-corrected chi connectivity index (χ0v) is 13.0. The second-order valence-corrected chi connectivity index (χ2v) is 6.53. The van der Waals surface area contributed by atoms with E-state index in [0.717, 1.165) is 36.6 Å². The van der Waals surface area contributed by atoms with E-state index in [4.69, 9.17) is 9.47 Å². The molecule has 22 heavy (non-hydrogen) atoms. The lowest BCUT2D eigenvalue weighted by molar-refractivity contribution is -0.129. The number of carbonyl (C=O) groups is 1. The van der Waals surface area contributed by atoms with Gasteiger partial charge in [-0.3, -0.25) is 4.79 Å². The van der Waals surface area contributed by atoms with E-state index in [1.807, 2.05) is 27.8 Å². The number of hydrogen-bond donors (Lipinski definition) is 0. The van der Waals surface area contributed by atoms with E-state index >= 15 is 0 Å². The van der Waals surface area contributed by atoms with Gasteiger partial charge in [0.15, 0.2) is 11.5 Å². The van der Waals surface area contributed by atoms with Crippen molar-refractivity contribution in [1.29, 1.82) is 0 Å². The smallest absolute Gasteiger partial charge is 0.231 e. The van der Waals surface area contributed by atoms with Crippen LogP contribution < -0.4 is 9.47 Å². The van der Waals surface area contributed by atoms with Gasteiger partial charge in [0.05, 0.1) is 6.42 Å². The Balaban J connectivity index is 1.42.